The van der Waals surface area contributed by atoms with E-state index in [0.717, 1.165) is 0 Å². The van der Waals surface area contributed by atoms with E-state index in [1.807, 2.05) is 0 Å². The zero-order valence-electron chi connectivity index (χ0n) is 8.49. The maximum atomic E-state index is 11.0. The number of fused-ring (bicyclic) bond motifs is 2. The van der Waals surface area contributed by atoms with Crippen molar-refractivity contribution in [2.75, 3.05) is 12.9 Å². The first-order chi connectivity index (χ1) is 6.78. The van der Waals surface area contributed by atoms with Gasteiger partial charge in [-0.15, -0.1) is 11.8 Å². The van der Waals surface area contributed by atoms with Crippen LogP contribution in [0.4, 0.5) is 0 Å². The molecule has 2 aliphatic rings. The Bertz CT molecular complexity index is 210. The molecule has 4 heteroatoms. The number of nitrogens with one attached hydrogen (secondary N) is 1. The molecule has 2 aliphatic heterocycles. The lowest BCUT2D eigenvalue weighted by Gasteiger charge is -2.28. The number of hydrogen-bond acceptors (Lipinski definition) is 4. The lowest BCUT2D eigenvalue weighted by molar-refractivity contribution is -0.137. The minimum atomic E-state index is -0.0964. The van der Waals surface area contributed by atoms with E-state index in [2.05, 4.69) is 10.1 Å². The second-order valence-corrected chi connectivity index (χ2v) is 5.41. The topological polar surface area (TPSA) is 38.3 Å². The minimum Gasteiger partial charge on any atom is -0.468 e. The van der Waals surface area contributed by atoms with Crippen LogP contribution < -0.4 is 5.32 Å². The number of methoxy groups -OCH3 is 1. The molecule has 0 amide bonds. The van der Waals surface area contributed by atoms with E-state index in [9.17, 15) is 4.79 Å². The third kappa shape index (κ3) is 2.42. The Morgan fingerprint density at radius 2 is 2.07 bits per heavy atom. The van der Waals surface area contributed by atoms with E-state index in [-0.39, 0.29) is 5.97 Å². The van der Waals surface area contributed by atoms with Crippen molar-refractivity contribution in [1.82, 2.24) is 5.32 Å². The number of carbonyl (C=O) groups is 1. The van der Waals surface area contributed by atoms with Crippen LogP contribution in [0.3, 0.4) is 0 Å². The number of carbonyl (C=O) groups excluding carboxylic acids is 1. The van der Waals surface area contributed by atoms with Crippen molar-refractivity contribution in [2.45, 2.75) is 43.0 Å². The number of hydrogen-bond donors (Lipinski definition) is 1. The summed E-state index contributed by atoms with van der Waals surface area (Å²) in [6.07, 6.45) is 5.08. The van der Waals surface area contributed by atoms with Gasteiger partial charge in [0.1, 0.15) is 0 Å². The van der Waals surface area contributed by atoms with Crippen molar-refractivity contribution in [3.63, 3.8) is 0 Å². The van der Waals surface area contributed by atoms with Gasteiger partial charge < -0.3 is 10.1 Å². The van der Waals surface area contributed by atoms with Gasteiger partial charge in [0.2, 0.25) is 0 Å². The summed E-state index contributed by atoms with van der Waals surface area (Å²) in [7, 11) is 1.45. The van der Waals surface area contributed by atoms with E-state index in [4.69, 9.17) is 0 Å². The smallest absolute Gasteiger partial charge is 0.315 e. The molecule has 2 rings (SSSR count). The van der Waals surface area contributed by atoms with Gasteiger partial charge in [-0.05, 0) is 25.7 Å². The van der Waals surface area contributed by atoms with Crippen molar-refractivity contribution in [2.24, 2.45) is 0 Å². The Balaban J connectivity index is 1.74. The minimum absolute atomic E-state index is 0.0964. The first kappa shape index (κ1) is 10.3. The van der Waals surface area contributed by atoms with Gasteiger partial charge in [0.05, 0.1) is 12.9 Å². The Kier molecular flexibility index (Phi) is 3.34. The molecule has 1 unspecified atom stereocenters. The molecule has 0 aliphatic carbocycles. The number of esters is 1. The Labute approximate surface area is 89.0 Å². The molecular formula is C10H17NO2S. The molecule has 80 valence electrons. The second kappa shape index (κ2) is 4.53. The van der Waals surface area contributed by atoms with Crippen LogP contribution in [0.1, 0.15) is 25.7 Å². The predicted octanol–water partition coefficient (Wildman–Crippen LogP) is 1.18. The van der Waals surface area contributed by atoms with E-state index in [1.54, 1.807) is 11.8 Å². The Morgan fingerprint density at radius 3 is 2.64 bits per heavy atom. The van der Waals surface area contributed by atoms with Gasteiger partial charge in [0, 0.05) is 17.3 Å². The van der Waals surface area contributed by atoms with E-state index in [1.165, 1.54) is 32.8 Å². The molecule has 3 nitrogen and oxygen atoms in total. The fourth-order valence-corrected chi connectivity index (χ4v) is 3.61. The molecule has 0 saturated carbocycles. The fourth-order valence-electron chi connectivity index (χ4n) is 2.39. The first-order valence-electron chi connectivity index (χ1n) is 5.22. The summed E-state index contributed by atoms with van der Waals surface area (Å²) in [5.74, 6) is 0.418. The third-order valence-electron chi connectivity index (χ3n) is 3.09. The molecule has 2 saturated heterocycles. The maximum Gasteiger partial charge on any atom is 0.315 e. The third-order valence-corrected chi connectivity index (χ3v) is 4.35. The van der Waals surface area contributed by atoms with Crippen LogP contribution in [0.5, 0.6) is 0 Å². The number of piperidine rings is 1. The lowest BCUT2D eigenvalue weighted by Crippen LogP contribution is -2.39. The molecule has 0 spiro atoms. The van der Waals surface area contributed by atoms with Gasteiger partial charge >= 0.3 is 5.97 Å². The second-order valence-electron chi connectivity index (χ2n) is 4.12. The Hall–Kier alpha value is -0.220. The standard InChI is InChI=1S/C10H17NO2S/c1-13-10(12)6-14-9-4-7-2-3-8(5-9)11-7/h7-9,11H,2-6H2,1H3/t7-,8+,9?. The molecule has 2 heterocycles. The highest BCUT2D eigenvalue weighted by Crippen LogP contribution is 2.33. The Morgan fingerprint density at radius 1 is 1.43 bits per heavy atom. The van der Waals surface area contributed by atoms with Crippen LogP contribution in [0.25, 0.3) is 0 Å². The van der Waals surface area contributed by atoms with Crippen molar-refractivity contribution >= 4 is 17.7 Å². The number of rotatable bonds is 3. The van der Waals surface area contributed by atoms with Crippen LogP contribution in [0.2, 0.25) is 0 Å². The first-order valence-corrected chi connectivity index (χ1v) is 6.27. The van der Waals surface area contributed by atoms with E-state index < -0.39 is 0 Å². The average Bonchev–Trinajstić information content (AvgIpc) is 2.54. The summed E-state index contributed by atoms with van der Waals surface area (Å²) < 4.78 is 4.64. The summed E-state index contributed by atoms with van der Waals surface area (Å²) in [6.45, 7) is 0. The molecule has 0 aromatic carbocycles. The van der Waals surface area contributed by atoms with Crippen LogP contribution in [0.15, 0.2) is 0 Å². The molecule has 14 heavy (non-hydrogen) atoms. The number of thioether (sulfide) groups is 1. The molecule has 2 bridgehead atoms. The highest BCUT2D eigenvalue weighted by atomic mass is 32.2. The average molecular weight is 215 g/mol. The van der Waals surface area contributed by atoms with Crippen LogP contribution in [0, 0.1) is 0 Å². The van der Waals surface area contributed by atoms with Crippen molar-refractivity contribution < 1.29 is 9.53 Å². The lowest BCUT2D eigenvalue weighted by atomic mass is 10.1. The highest BCUT2D eigenvalue weighted by Gasteiger charge is 2.33. The summed E-state index contributed by atoms with van der Waals surface area (Å²) >= 11 is 1.76. The highest BCUT2D eigenvalue weighted by molar-refractivity contribution is 8.00. The van der Waals surface area contributed by atoms with Gasteiger partial charge in [-0.3, -0.25) is 4.79 Å². The zero-order valence-corrected chi connectivity index (χ0v) is 9.31. The van der Waals surface area contributed by atoms with Gasteiger partial charge in [0.15, 0.2) is 0 Å². The van der Waals surface area contributed by atoms with Crippen molar-refractivity contribution in [3.05, 3.63) is 0 Å². The monoisotopic (exact) mass is 215 g/mol. The van der Waals surface area contributed by atoms with E-state index >= 15 is 0 Å². The summed E-state index contributed by atoms with van der Waals surface area (Å²) in [5, 5.41) is 4.25. The van der Waals surface area contributed by atoms with Crippen LogP contribution in [-0.2, 0) is 9.53 Å². The summed E-state index contributed by atoms with van der Waals surface area (Å²) in [6, 6.07) is 1.42. The van der Waals surface area contributed by atoms with Crippen molar-refractivity contribution in [1.29, 1.82) is 0 Å². The zero-order chi connectivity index (χ0) is 9.97. The van der Waals surface area contributed by atoms with Crippen molar-refractivity contribution in [3.8, 4) is 0 Å². The quantitative estimate of drug-likeness (QED) is 0.717. The van der Waals surface area contributed by atoms with Crippen LogP contribution >= 0.6 is 11.8 Å². The normalized spacial score (nSPS) is 35.6. The molecular weight excluding hydrogens is 198 g/mol. The van der Waals surface area contributed by atoms with Gasteiger partial charge in [0.25, 0.3) is 0 Å². The largest absolute Gasteiger partial charge is 0.468 e. The number of ether oxygens (including phenoxy) is 1. The molecule has 1 N–H and O–H groups in total. The summed E-state index contributed by atoms with van der Waals surface area (Å²) in [5.41, 5.74) is 0. The fraction of sp³-hybridized carbons (Fsp3) is 0.900. The van der Waals surface area contributed by atoms with Crippen LogP contribution in [-0.4, -0.2) is 36.2 Å². The maximum absolute atomic E-state index is 11.0. The molecule has 3 atom stereocenters. The van der Waals surface area contributed by atoms with Gasteiger partial charge in [-0.2, -0.15) is 0 Å². The molecule has 0 radical (unpaired) electrons. The van der Waals surface area contributed by atoms with Gasteiger partial charge in [-0.25, -0.2) is 0 Å². The van der Waals surface area contributed by atoms with E-state index in [0.29, 0.717) is 23.1 Å². The molecule has 0 aromatic rings. The molecule has 0 aromatic heterocycles. The van der Waals surface area contributed by atoms with Gasteiger partial charge in [-0.1, -0.05) is 0 Å². The summed E-state index contributed by atoms with van der Waals surface area (Å²) in [4.78, 5) is 11.0. The molecule has 2 fully saturated rings. The predicted molar refractivity (Wildman–Crippen MR) is 57.4 cm³/mol. The SMILES string of the molecule is COC(=O)CSC1C[C@H]2CC[C@@H](C1)N2.